The zero-order valence-corrected chi connectivity index (χ0v) is 15.6. The number of nitrogens with two attached hydrogens (primary N) is 1. The first kappa shape index (κ1) is 17.1. The Morgan fingerprint density at radius 3 is 2.56 bits per heavy atom. The minimum Gasteiger partial charge on any atom is -0.351 e. The molecule has 0 aliphatic rings. The standard InChI is InChI=1S/C21H26N4/c1-13(2)20-15(4)10-14(3)11-18(20)21(24-22)23-17-6-7-19-16(12-17)8-9-25(19)5/h6-13H,22H2,1-5H3,(H,23,24). The molecule has 1 aromatic heterocycles. The minimum atomic E-state index is 0.394. The summed E-state index contributed by atoms with van der Waals surface area (Å²) >= 11 is 0. The quantitative estimate of drug-likeness (QED) is 0.317. The van der Waals surface area contributed by atoms with Crippen molar-refractivity contribution < 1.29 is 0 Å². The van der Waals surface area contributed by atoms with Crippen LogP contribution in [0.15, 0.2) is 47.7 Å². The predicted molar refractivity (Wildman–Crippen MR) is 107 cm³/mol. The molecule has 25 heavy (non-hydrogen) atoms. The van der Waals surface area contributed by atoms with E-state index in [-0.39, 0.29) is 0 Å². The summed E-state index contributed by atoms with van der Waals surface area (Å²) in [6, 6.07) is 12.8. The number of rotatable bonds is 3. The van der Waals surface area contributed by atoms with E-state index in [0.29, 0.717) is 11.8 Å². The van der Waals surface area contributed by atoms with Crippen LogP contribution in [-0.2, 0) is 7.05 Å². The van der Waals surface area contributed by atoms with Crippen LogP contribution in [0.3, 0.4) is 0 Å². The van der Waals surface area contributed by atoms with E-state index >= 15 is 0 Å². The lowest BCUT2D eigenvalue weighted by atomic mass is 9.90. The van der Waals surface area contributed by atoms with Crippen LogP contribution in [0, 0.1) is 13.8 Å². The van der Waals surface area contributed by atoms with Crippen molar-refractivity contribution >= 4 is 22.4 Å². The first-order valence-corrected chi connectivity index (χ1v) is 8.62. The molecule has 4 nitrogen and oxygen atoms in total. The fraction of sp³-hybridized carbons (Fsp3) is 0.286. The SMILES string of the molecule is Cc1cc(C)c(C(C)C)c(/C(=N/N)Nc2ccc3c(ccn3C)c2)c1. The molecule has 0 amide bonds. The largest absolute Gasteiger partial charge is 0.351 e. The molecule has 0 spiro atoms. The number of aromatic nitrogens is 1. The normalized spacial score (nSPS) is 12.2. The maximum absolute atomic E-state index is 5.76. The molecule has 0 saturated heterocycles. The Morgan fingerprint density at radius 1 is 1.12 bits per heavy atom. The first-order chi connectivity index (χ1) is 11.9. The van der Waals surface area contributed by atoms with E-state index in [1.165, 1.54) is 27.6 Å². The Kier molecular flexibility index (Phi) is 4.53. The van der Waals surface area contributed by atoms with Crippen molar-refractivity contribution in [3.8, 4) is 0 Å². The molecule has 4 heteroatoms. The van der Waals surface area contributed by atoms with Crippen LogP contribution in [0.4, 0.5) is 5.69 Å². The van der Waals surface area contributed by atoms with Gasteiger partial charge >= 0.3 is 0 Å². The molecule has 0 radical (unpaired) electrons. The highest BCUT2D eigenvalue weighted by molar-refractivity contribution is 6.10. The number of anilines is 1. The molecule has 0 atom stereocenters. The van der Waals surface area contributed by atoms with E-state index in [1.54, 1.807) is 0 Å². The van der Waals surface area contributed by atoms with Gasteiger partial charge in [-0.05, 0) is 61.2 Å². The van der Waals surface area contributed by atoms with E-state index in [9.17, 15) is 0 Å². The van der Waals surface area contributed by atoms with Crippen molar-refractivity contribution in [2.45, 2.75) is 33.6 Å². The molecule has 3 N–H and O–H groups in total. The fourth-order valence-electron chi connectivity index (χ4n) is 3.61. The number of nitrogens with one attached hydrogen (secondary N) is 1. The number of fused-ring (bicyclic) bond motifs is 1. The van der Waals surface area contributed by atoms with Crippen LogP contribution in [0.5, 0.6) is 0 Å². The predicted octanol–water partition coefficient (Wildman–Crippen LogP) is 4.65. The first-order valence-electron chi connectivity index (χ1n) is 8.62. The number of hydrazone groups is 1. The lowest BCUT2D eigenvalue weighted by molar-refractivity contribution is 0.852. The number of benzene rings is 2. The molecule has 3 aromatic rings. The highest BCUT2D eigenvalue weighted by Crippen LogP contribution is 2.27. The smallest absolute Gasteiger partial charge is 0.157 e. The molecule has 0 unspecified atom stereocenters. The Hall–Kier alpha value is -2.75. The third kappa shape index (κ3) is 3.25. The van der Waals surface area contributed by atoms with Gasteiger partial charge in [0.05, 0.1) is 0 Å². The molecule has 130 valence electrons. The zero-order chi connectivity index (χ0) is 18.1. The number of hydrogen-bond donors (Lipinski definition) is 2. The van der Waals surface area contributed by atoms with E-state index < -0.39 is 0 Å². The second-order valence-corrected chi connectivity index (χ2v) is 7.00. The van der Waals surface area contributed by atoms with Gasteiger partial charge in [0.2, 0.25) is 0 Å². The van der Waals surface area contributed by atoms with Crippen LogP contribution in [0.25, 0.3) is 10.9 Å². The van der Waals surface area contributed by atoms with Gasteiger partial charge in [-0.3, -0.25) is 0 Å². The van der Waals surface area contributed by atoms with Gasteiger partial charge in [0, 0.05) is 35.4 Å². The summed E-state index contributed by atoms with van der Waals surface area (Å²) in [5.74, 6) is 6.85. The molecule has 0 bridgehead atoms. The van der Waals surface area contributed by atoms with Crippen LogP contribution in [0.2, 0.25) is 0 Å². The van der Waals surface area contributed by atoms with E-state index in [0.717, 1.165) is 11.3 Å². The van der Waals surface area contributed by atoms with Crippen molar-refractivity contribution in [1.82, 2.24) is 4.57 Å². The molecule has 0 fully saturated rings. The van der Waals surface area contributed by atoms with Gasteiger partial charge in [0.25, 0.3) is 0 Å². The summed E-state index contributed by atoms with van der Waals surface area (Å²) in [4.78, 5) is 0. The lowest BCUT2D eigenvalue weighted by Gasteiger charge is -2.19. The van der Waals surface area contributed by atoms with Gasteiger partial charge in [-0.15, -0.1) is 0 Å². The third-order valence-electron chi connectivity index (χ3n) is 4.64. The van der Waals surface area contributed by atoms with Crippen LogP contribution in [0.1, 0.15) is 42.0 Å². The Labute approximate surface area is 149 Å². The number of amidine groups is 1. The van der Waals surface area contributed by atoms with Crippen LogP contribution < -0.4 is 11.2 Å². The maximum Gasteiger partial charge on any atom is 0.157 e. The van der Waals surface area contributed by atoms with Crippen LogP contribution >= 0.6 is 0 Å². The average molecular weight is 334 g/mol. The minimum absolute atomic E-state index is 0.394. The molecular formula is C21H26N4. The second kappa shape index (κ2) is 6.63. The molecule has 3 rings (SSSR count). The molecular weight excluding hydrogens is 308 g/mol. The maximum atomic E-state index is 5.76. The van der Waals surface area contributed by atoms with Gasteiger partial charge in [0.1, 0.15) is 0 Å². The monoisotopic (exact) mass is 334 g/mol. The van der Waals surface area contributed by atoms with Gasteiger partial charge < -0.3 is 15.7 Å². The van der Waals surface area contributed by atoms with E-state index in [2.05, 4.69) is 85.3 Å². The molecule has 0 saturated carbocycles. The van der Waals surface area contributed by atoms with E-state index in [1.807, 2.05) is 7.05 Å². The highest BCUT2D eigenvalue weighted by atomic mass is 15.2. The van der Waals surface area contributed by atoms with Crippen LogP contribution in [-0.4, -0.2) is 10.4 Å². The number of aryl methyl sites for hydroxylation is 3. The summed E-state index contributed by atoms with van der Waals surface area (Å²) in [5, 5.41) is 8.66. The van der Waals surface area contributed by atoms with Crippen molar-refractivity contribution in [3.63, 3.8) is 0 Å². The highest BCUT2D eigenvalue weighted by Gasteiger charge is 2.16. The Bertz CT molecular complexity index is 948. The lowest BCUT2D eigenvalue weighted by Crippen LogP contribution is -2.19. The molecule has 0 aliphatic heterocycles. The Balaban J connectivity index is 2.03. The summed E-state index contributed by atoms with van der Waals surface area (Å²) in [6.45, 7) is 8.65. The summed E-state index contributed by atoms with van der Waals surface area (Å²) in [7, 11) is 2.05. The fourth-order valence-corrected chi connectivity index (χ4v) is 3.61. The Morgan fingerprint density at radius 2 is 1.88 bits per heavy atom. The topological polar surface area (TPSA) is 55.3 Å². The van der Waals surface area contributed by atoms with Gasteiger partial charge in [-0.25, -0.2) is 0 Å². The van der Waals surface area contributed by atoms with Crippen molar-refractivity contribution in [3.05, 3.63) is 64.8 Å². The van der Waals surface area contributed by atoms with Gasteiger partial charge in [0.15, 0.2) is 5.84 Å². The van der Waals surface area contributed by atoms with Crippen molar-refractivity contribution in [1.29, 1.82) is 0 Å². The van der Waals surface area contributed by atoms with Gasteiger partial charge in [-0.1, -0.05) is 25.5 Å². The molecule has 0 aliphatic carbocycles. The second-order valence-electron chi connectivity index (χ2n) is 7.00. The summed E-state index contributed by atoms with van der Waals surface area (Å²) in [6.07, 6.45) is 2.06. The molecule has 1 heterocycles. The van der Waals surface area contributed by atoms with E-state index in [4.69, 9.17) is 5.84 Å². The summed E-state index contributed by atoms with van der Waals surface area (Å²) in [5.41, 5.74) is 7.01. The molecule has 2 aromatic carbocycles. The zero-order valence-electron chi connectivity index (χ0n) is 15.6. The third-order valence-corrected chi connectivity index (χ3v) is 4.64. The summed E-state index contributed by atoms with van der Waals surface area (Å²) < 4.78 is 2.11. The number of nitrogens with zero attached hydrogens (tertiary/aromatic N) is 2. The van der Waals surface area contributed by atoms with Crippen molar-refractivity contribution in [2.75, 3.05) is 5.32 Å². The van der Waals surface area contributed by atoms with Gasteiger partial charge in [-0.2, -0.15) is 5.10 Å². The van der Waals surface area contributed by atoms with Crippen molar-refractivity contribution in [2.24, 2.45) is 18.0 Å². The number of hydrogen-bond acceptors (Lipinski definition) is 2. The average Bonchev–Trinajstić information content (AvgIpc) is 2.92.